The van der Waals surface area contributed by atoms with Crippen molar-refractivity contribution < 1.29 is 13.9 Å². The molecule has 0 radical (unpaired) electrons. The van der Waals surface area contributed by atoms with Crippen molar-refractivity contribution in [3.63, 3.8) is 0 Å². The van der Waals surface area contributed by atoms with Crippen LogP contribution in [0.5, 0.6) is 0 Å². The third-order valence-electron chi connectivity index (χ3n) is 3.00. The highest BCUT2D eigenvalue weighted by Crippen LogP contribution is 2.23. The Balaban J connectivity index is 2.11. The molecular formula is C12H19ClN4O3. The van der Waals surface area contributed by atoms with Gasteiger partial charge in [-0.3, -0.25) is 4.79 Å². The van der Waals surface area contributed by atoms with E-state index >= 15 is 0 Å². The summed E-state index contributed by atoms with van der Waals surface area (Å²) in [6, 6.07) is -0.137. The number of carbonyl (C=O) groups is 1. The second-order valence-electron chi connectivity index (χ2n) is 4.61. The first-order valence-electron chi connectivity index (χ1n) is 6.73. The molecule has 0 aromatic carbocycles. The summed E-state index contributed by atoms with van der Waals surface area (Å²) in [6.45, 7) is 5.75. The summed E-state index contributed by atoms with van der Waals surface area (Å²) in [5.41, 5.74) is 0. The molecule has 1 N–H and O–H groups in total. The molecule has 1 aliphatic heterocycles. The highest BCUT2D eigenvalue weighted by Gasteiger charge is 2.32. The van der Waals surface area contributed by atoms with Crippen LogP contribution in [0.25, 0.3) is 0 Å². The molecule has 0 spiro atoms. The molecule has 0 aliphatic carbocycles. The van der Waals surface area contributed by atoms with Crippen LogP contribution in [0, 0.1) is 0 Å². The number of anilines is 1. The van der Waals surface area contributed by atoms with Crippen molar-refractivity contribution in [3.05, 3.63) is 5.89 Å². The number of alkyl halides is 1. The summed E-state index contributed by atoms with van der Waals surface area (Å²) >= 11 is 5.90. The molecule has 8 heteroatoms. The van der Waals surface area contributed by atoms with Gasteiger partial charge in [-0.2, -0.15) is 0 Å². The lowest BCUT2D eigenvalue weighted by Gasteiger charge is -2.32. The smallest absolute Gasteiger partial charge is 0.319 e. The molecule has 1 amide bonds. The van der Waals surface area contributed by atoms with Gasteiger partial charge in [0.05, 0.1) is 13.2 Å². The molecule has 1 aliphatic rings. The summed E-state index contributed by atoms with van der Waals surface area (Å²) in [4.78, 5) is 13.9. The number of aromatic nitrogens is 2. The Morgan fingerprint density at radius 2 is 2.40 bits per heavy atom. The van der Waals surface area contributed by atoms with E-state index in [0.717, 1.165) is 6.42 Å². The Hall–Kier alpha value is -1.34. The van der Waals surface area contributed by atoms with Crippen LogP contribution in [0.4, 0.5) is 6.01 Å². The van der Waals surface area contributed by atoms with Crippen LogP contribution in [-0.2, 0) is 9.53 Å². The van der Waals surface area contributed by atoms with Gasteiger partial charge in [0.1, 0.15) is 11.4 Å². The van der Waals surface area contributed by atoms with Crippen LogP contribution in [-0.4, -0.2) is 48.4 Å². The van der Waals surface area contributed by atoms with Crippen LogP contribution in [0.1, 0.15) is 31.5 Å². The fourth-order valence-electron chi connectivity index (χ4n) is 1.92. The van der Waals surface area contributed by atoms with E-state index in [9.17, 15) is 4.79 Å². The fourth-order valence-corrected chi connectivity index (χ4v) is 2.01. The molecule has 0 bridgehead atoms. The number of hydrogen-bond donors (Lipinski definition) is 1. The number of halogens is 1. The van der Waals surface area contributed by atoms with Gasteiger partial charge in [-0.1, -0.05) is 12.0 Å². The van der Waals surface area contributed by atoms with E-state index in [1.54, 1.807) is 11.8 Å². The SMILES string of the molecule is CCCNC(=O)C1COCCN1c1nnc(C(C)Cl)o1. The minimum atomic E-state index is -0.450. The first-order chi connectivity index (χ1) is 9.63. The lowest BCUT2D eigenvalue weighted by molar-refractivity contribution is -0.124. The van der Waals surface area contributed by atoms with Crippen molar-refractivity contribution in [2.45, 2.75) is 31.7 Å². The topological polar surface area (TPSA) is 80.5 Å². The predicted octanol–water partition coefficient (Wildman–Crippen LogP) is 1.10. The Labute approximate surface area is 122 Å². The maximum Gasteiger partial charge on any atom is 0.319 e. The largest absolute Gasteiger partial charge is 0.406 e. The average Bonchev–Trinajstić information content (AvgIpc) is 2.94. The molecule has 1 aromatic rings. The van der Waals surface area contributed by atoms with E-state index in [0.29, 0.717) is 38.2 Å². The summed E-state index contributed by atoms with van der Waals surface area (Å²) in [6.07, 6.45) is 0.883. The molecule has 112 valence electrons. The lowest BCUT2D eigenvalue weighted by atomic mass is 10.2. The van der Waals surface area contributed by atoms with Crippen molar-refractivity contribution >= 4 is 23.5 Å². The summed E-state index contributed by atoms with van der Waals surface area (Å²) in [7, 11) is 0. The van der Waals surface area contributed by atoms with Gasteiger partial charge in [0.15, 0.2) is 0 Å². The van der Waals surface area contributed by atoms with Gasteiger partial charge in [-0.05, 0) is 13.3 Å². The minimum Gasteiger partial charge on any atom is -0.406 e. The summed E-state index contributed by atoms with van der Waals surface area (Å²) in [5.74, 6) is 0.256. The van der Waals surface area contributed by atoms with Crippen LogP contribution >= 0.6 is 11.6 Å². The molecule has 1 saturated heterocycles. The third-order valence-corrected chi connectivity index (χ3v) is 3.18. The zero-order valence-corrected chi connectivity index (χ0v) is 12.4. The monoisotopic (exact) mass is 302 g/mol. The number of nitrogens with one attached hydrogen (secondary N) is 1. The Bertz CT molecular complexity index is 452. The third kappa shape index (κ3) is 3.40. The van der Waals surface area contributed by atoms with Crippen molar-refractivity contribution in [2.75, 3.05) is 31.2 Å². The van der Waals surface area contributed by atoms with Gasteiger partial charge in [-0.25, -0.2) is 0 Å². The normalized spacial score (nSPS) is 20.8. The zero-order valence-electron chi connectivity index (χ0n) is 11.6. The number of morpholine rings is 1. The van der Waals surface area contributed by atoms with Gasteiger partial charge in [0.2, 0.25) is 11.8 Å². The van der Waals surface area contributed by atoms with Crippen molar-refractivity contribution in [2.24, 2.45) is 0 Å². The van der Waals surface area contributed by atoms with E-state index in [1.807, 2.05) is 6.92 Å². The molecule has 20 heavy (non-hydrogen) atoms. The molecule has 1 fully saturated rings. The molecule has 7 nitrogen and oxygen atoms in total. The molecule has 2 atom stereocenters. The van der Waals surface area contributed by atoms with Gasteiger partial charge in [-0.15, -0.1) is 16.7 Å². The zero-order chi connectivity index (χ0) is 14.5. The maximum absolute atomic E-state index is 12.1. The van der Waals surface area contributed by atoms with Crippen LogP contribution < -0.4 is 10.2 Å². The number of amides is 1. The second kappa shape index (κ2) is 6.90. The molecule has 2 unspecified atom stereocenters. The first kappa shape index (κ1) is 15.1. The predicted molar refractivity (Wildman–Crippen MR) is 73.8 cm³/mol. The summed E-state index contributed by atoms with van der Waals surface area (Å²) < 4.78 is 10.9. The van der Waals surface area contributed by atoms with Gasteiger partial charge >= 0.3 is 6.01 Å². The highest BCUT2D eigenvalue weighted by atomic mass is 35.5. The number of ether oxygens (including phenoxy) is 1. The number of hydrogen-bond acceptors (Lipinski definition) is 6. The number of carbonyl (C=O) groups excluding carboxylic acids is 1. The maximum atomic E-state index is 12.1. The van der Waals surface area contributed by atoms with Crippen LogP contribution in [0.15, 0.2) is 4.42 Å². The Kier molecular flexibility index (Phi) is 5.19. The van der Waals surface area contributed by atoms with E-state index < -0.39 is 6.04 Å². The van der Waals surface area contributed by atoms with E-state index in [2.05, 4.69) is 15.5 Å². The first-order valence-corrected chi connectivity index (χ1v) is 7.16. The highest BCUT2D eigenvalue weighted by molar-refractivity contribution is 6.20. The molecule has 0 saturated carbocycles. The van der Waals surface area contributed by atoms with E-state index in [1.165, 1.54) is 0 Å². The molecular weight excluding hydrogens is 284 g/mol. The van der Waals surface area contributed by atoms with E-state index in [4.69, 9.17) is 20.8 Å². The van der Waals surface area contributed by atoms with Gasteiger partial charge in [0.25, 0.3) is 0 Å². The summed E-state index contributed by atoms with van der Waals surface area (Å²) in [5, 5.41) is 10.3. The molecule has 1 aromatic heterocycles. The minimum absolute atomic E-state index is 0.0924. The van der Waals surface area contributed by atoms with Gasteiger partial charge in [0, 0.05) is 13.1 Å². The van der Waals surface area contributed by atoms with Crippen LogP contribution in [0.3, 0.4) is 0 Å². The van der Waals surface area contributed by atoms with Crippen molar-refractivity contribution in [1.82, 2.24) is 15.5 Å². The quantitative estimate of drug-likeness (QED) is 0.820. The number of rotatable bonds is 5. The number of nitrogens with zero attached hydrogens (tertiary/aromatic N) is 3. The lowest BCUT2D eigenvalue weighted by Crippen LogP contribution is -2.54. The van der Waals surface area contributed by atoms with E-state index in [-0.39, 0.29) is 11.3 Å². The average molecular weight is 303 g/mol. The van der Waals surface area contributed by atoms with Gasteiger partial charge < -0.3 is 19.4 Å². The van der Waals surface area contributed by atoms with Crippen LogP contribution in [0.2, 0.25) is 0 Å². The fraction of sp³-hybridized carbons (Fsp3) is 0.750. The van der Waals surface area contributed by atoms with Crippen molar-refractivity contribution in [1.29, 1.82) is 0 Å². The molecule has 2 heterocycles. The standard InChI is InChI=1S/C12H19ClN4O3/c1-3-4-14-10(18)9-7-19-6-5-17(9)12-16-15-11(20-12)8(2)13/h8-9H,3-7H2,1-2H3,(H,14,18). The second-order valence-corrected chi connectivity index (χ2v) is 5.27. The molecule has 2 rings (SSSR count). The van der Waals surface area contributed by atoms with Crippen molar-refractivity contribution in [3.8, 4) is 0 Å². The Morgan fingerprint density at radius 1 is 1.60 bits per heavy atom. The Morgan fingerprint density at radius 3 is 3.05 bits per heavy atom.